The van der Waals surface area contributed by atoms with Crippen molar-refractivity contribution in [1.82, 2.24) is 10.6 Å². The summed E-state index contributed by atoms with van der Waals surface area (Å²) in [6.07, 6.45) is 8.13. The van der Waals surface area contributed by atoms with Crippen molar-refractivity contribution in [3.63, 3.8) is 0 Å². The Morgan fingerprint density at radius 2 is 1.29 bits per heavy atom. The number of benzene rings is 1. The molecular formula is C25H35N3O3. The van der Waals surface area contributed by atoms with E-state index < -0.39 is 0 Å². The van der Waals surface area contributed by atoms with Gasteiger partial charge in [-0.3, -0.25) is 14.4 Å². The summed E-state index contributed by atoms with van der Waals surface area (Å²) in [5.41, 5.74) is 4.08. The number of hydrogen-bond donors (Lipinski definition) is 3. The van der Waals surface area contributed by atoms with Gasteiger partial charge in [-0.2, -0.15) is 0 Å². The molecule has 0 radical (unpaired) electrons. The van der Waals surface area contributed by atoms with E-state index in [0.717, 1.165) is 40.1 Å². The van der Waals surface area contributed by atoms with Crippen molar-refractivity contribution in [2.24, 2.45) is 23.2 Å². The van der Waals surface area contributed by atoms with Crippen molar-refractivity contribution in [2.45, 2.75) is 65.7 Å². The first-order chi connectivity index (χ1) is 14.7. The molecule has 4 saturated carbocycles. The van der Waals surface area contributed by atoms with Crippen molar-refractivity contribution in [3.8, 4) is 0 Å². The predicted octanol–water partition coefficient (Wildman–Crippen LogP) is 3.39. The average molecular weight is 426 g/mol. The van der Waals surface area contributed by atoms with E-state index in [1.807, 2.05) is 32.9 Å². The van der Waals surface area contributed by atoms with Crippen LogP contribution in [0.15, 0.2) is 12.1 Å². The molecule has 0 heterocycles. The Labute approximate surface area is 184 Å². The third-order valence-electron chi connectivity index (χ3n) is 7.53. The van der Waals surface area contributed by atoms with Crippen molar-refractivity contribution in [2.75, 3.05) is 18.4 Å². The van der Waals surface area contributed by atoms with Crippen LogP contribution in [0.25, 0.3) is 0 Å². The lowest BCUT2D eigenvalue weighted by atomic mass is 9.49. The van der Waals surface area contributed by atoms with E-state index in [1.54, 1.807) is 0 Å². The molecule has 0 unspecified atom stereocenters. The van der Waals surface area contributed by atoms with Crippen LogP contribution in [0.4, 0.5) is 5.69 Å². The highest BCUT2D eigenvalue weighted by Crippen LogP contribution is 2.61. The molecule has 4 bridgehead atoms. The second-order valence-corrected chi connectivity index (χ2v) is 10.5. The molecule has 6 nitrogen and oxygen atoms in total. The molecule has 0 atom stereocenters. The molecule has 31 heavy (non-hydrogen) atoms. The summed E-state index contributed by atoms with van der Waals surface area (Å²) in [6, 6.07) is 4.03. The number of carbonyl (C=O) groups excluding carboxylic acids is 3. The summed E-state index contributed by atoms with van der Waals surface area (Å²) in [5, 5.41) is 8.25. The molecule has 1 aromatic rings. The smallest absolute Gasteiger partial charge is 0.243 e. The standard InChI is InChI=1S/C25H35N3O3/c1-15-4-16(2)24(17(3)5-15)28-23(31)14-27-22(30)13-26-21(29)12-25-9-18-6-19(10-25)8-20(7-18)11-25/h4-5,18-20H,6-14H2,1-3H3,(H,26,29)(H,27,30)(H,28,31). The molecule has 3 N–H and O–H groups in total. The van der Waals surface area contributed by atoms with Gasteiger partial charge in [0.25, 0.3) is 0 Å². The zero-order chi connectivity index (χ0) is 22.2. The van der Waals surface area contributed by atoms with Crippen molar-refractivity contribution < 1.29 is 14.4 Å². The molecular weight excluding hydrogens is 390 g/mol. The molecule has 168 valence electrons. The Morgan fingerprint density at radius 1 is 0.806 bits per heavy atom. The van der Waals surface area contributed by atoms with E-state index in [0.29, 0.717) is 6.42 Å². The minimum Gasteiger partial charge on any atom is -0.347 e. The molecule has 0 aromatic heterocycles. The lowest BCUT2D eigenvalue weighted by molar-refractivity contribution is -0.132. The van der Waals surface area contributed by atoms with Crippen LogP contribution in [-0.2, 0) is 14.4 Å². The number of nitrogens with one attached hydrogen (secondary N) is 3. The van der Waals surface area contributed by atoms with Gasteiger partial charge in [-0.25, -0.2) is 0 Å². The number of hydrogen-bond acceptors (Lipinski definition) is 3. The Balaban J connectivity index is 1.19. The van der Waals surface area contributed by atoms with Gasteiger partial charge in [-0.15, -0.1) is 0 Å². The van der Waals surface area contributed by atoms with Gasteiger partial charge in [0.05, 0.1) is 13.1 Å². The van der Waals surface area contributed by atoms with Crippen LogP contribution in [0.5, 0.6) is 0 Å². The lowest BCUT2D eigenvalue weighted by Gasteiger charge is -2.56. The SMILES string of the molecule is Cc1cc(C)c(NC(=O)CNC(=O)CNC(=O)CC23CC4CC(CC(C4)C2)C3)c(C)c1. The van der Waals surface area contributed by atoms with E-state index in [9.17, 15) is 14.4 Å². The van der Waals surface area contributed by atoms with E-state index in [4.69, 9.17) is 0 Å². The van der Waals surface area contributed by atoms with Gasteiger partial charge in [0.1, 0.15) is 0 Å². The topological polar surface area (TPSA) is 87.3 Å². The third kappa shape index (κ3) is 5.10. The minimum atomic E-state index is -0.341. The van der Waals surface area contributed by atoms with Crippen LogP contribution in [0.3, 0.4) is 0 Å². The molecule has 4 fully saturated rings. The zero-order valence-electron chi connectivity index (χ0n) is 19.0. The molecule has 1 aromatic carbocycles. The van der Waals surface area contributed by atoms with Crippen LogP contribution in [-0.4, -0.2) is 30.8 Å². The highest BCUT2D eigenvalue weighted by atomic mass is 16.2. The molecule has 0 saturated heterocycles. The third-order valence-corrected chi connectivity index (χ3v) is 7.53. The maximum absolute atomic E-state index is 12.5. The van der Waals surface area contributed by atoms with Crippen molar-refractivity contribution >= 4 is 23.4 Å². The zero-order valence-corrected chi connectivity index (χ0v) is 19.0. The summed E-state index contributed by atoms with van der Waals surface area (Å²) >= 11 is 0. The Kier molecular flexibility index (Phi) is 6.09. The summed E-state index contributed by atoms with van der Waals surface area (Å²) in [6.45, 7) is 5.72. The van der Waals surface area contributed by atoms with Crippen molar-refractivity contribution in [1.29, 1.82) is 0 Å². The van der Waals surface area contributed by atoms with Gasteiger partial charge in [0.15, 0.2) is 0 Å². The molecule has 0 aliphatic heterocycles. The lowest BCUT2D eigenvalue weighted by Crippen LogP contribution is -2.48. The molecule has 4 aliphatic carbocycles. The van der Waals surface area contributed by atoms with Crippen molar-refractivity contribution in [3.05, 3.63) is 28.8 Å². The van der Waals surface area contributed by atoms with Crippen LogP contribution >= 0.6 is 0 Å². The molecule has 0 spiro atoms. The van der Waals surface area contributed by atoms with Gasteiger partial charge in [0.2, 0.25) is 17.7 Å². The van der Waals surface area contributed by atoms with Gasteiger partial charge in [0, 0.05) is 12.1 Å². The summed E-state index contributed by atoms with van der Waals surface area (Å²) < 4.78 is 0. The fraction of sp³-hybridized carbons (Fsp3) is 0.640. The number of carbonyl (C=O) groups is 3. The fourth-order valence-electron chi connectivity index (χ4n) is 6.89. The van der Waals surface area contributed by atoms with Crippen LogP contribution in [0.2, 0.25) is 0 Å². The minimum absolute atomic E-state index is 0.0348. The molecule has 6 heteroatoms. The first kappa shape index (κ1) is 21.8. The molecule has 4 aliphatic rings. The highest BCUT2D eigenvalue weighted by Gasteiger charge is 2.51. The number of aryl methyl sites for hydroxylation is 3. The van der Waals surface area contributed by atoms with E-state index in [-0.39, 0.29) is 36.2 Å². The Bertz CT molecular complexity index is 834. The molecule has 5 rings (SSSR count). The normalized spacial score (nSPS) is 28.3. The second kappa shape index (κ2) is 8.64. The van der Waals surface area contributed by atoms with Gasteiger partial charge in [-0.1, -0.05) is 17.7 Å². The summed E-state index contributed by atoms with van der Waals surface area (Å²) in [4.78, 5) is 36.9. The quantitative estimate of drug-likeness (QED) is 0.626. The highest BCUT2D eigenvalue weighted by molar-refractivity contribution is 5.96. The number of anilines is 1. The Hall–Kier alpha value is -2.37. The fourth-order valence-corrected chi connectivity index (χ4v) is 6.89. The van der Waals surface area contributed by atoms with Gasteiger partial charge < -0.3 is 16.0 Å². The van der Waals surface area contributed by atoms with Crippen LogP contribution < -0.4 is 16.0 Å². The summed E-state index contributed by atoms with van der Waals surface area (Å²) in [5.74, 6) is 1.77. The largest absolute Gasteiger partial charge is 0.347 e. The first-order valence-corrected chi connectivity index (χ1v) is 11.6. The van der Waals surface area contributed by atoms with E-state index in [2.05, 4.69) is 16.0 Å². The number of rotatable bonds is 7. The second-order valence-electron chi connectivity index (χ2n) is 10.5. The Morgan fingerprint density at radius 3 is 1.84 bits per heavy atom. The van der Waals surface area contributed by atoms with E-state index in [1.165, 1.54) is 38.5 Å². The predicted molar refractivity (Wildman–Crippen MR) is 121 cm³/mol. The maximum atomic E-state index is 12.5. The maximum Gasteiger partial charge on any atom is 0.243 e. The number of amides is 3. The van der Waals surface area contributed by atoms with Gasteiger partial charge in [-0.05, 0) is 93.6 Å². The van der Waals surface area contributed by atoms with Crippen LogP contribution in [0, 0.1) is 43.9 Å². The monoisotopic (exact) mass is 425 g/mol. The van der Waals surface area contributed by atoms with E-state index >= 15 is 0 Å². The average Bonchev–Trinajstić information content (AvgIpc) is 2.66. The summed E-state index contributed by atoms with van der Waals surface area (Å²) in [7, 11) is 0. The van der Waals surface area contributed by atoms with Crippen LogP contribution in [0.1, 0.15) is 61.6 Å². The molecule has 3 amide bonds. The first-order valence-electron chi connectivity index (χ1n) is 11.6. The van der Waals surface area contributed by atoms with Gasteiger partial charge >= 0.3 is 0 Å².